The first-order valence-corrected chi connectivity index (χ1v) is 5.30. The van der Waals surface area contributed by atoms with Gasteiger partial charge in [-0.05, 0) is 19.3 Å². The van der Waals surface area contributed by atoms with Gasteiger partial charge in [0, 0.05) is 0 Å². The fourth-order valence-corrected chi connectivity index (χ4v) is 1.66. The highest BCUT2D eigenvalue weighted by atomic mass is 16.6. The number of ether oxygens (including phenoxy) is 2. The monoisotopic (exact) mass is 196 g/mol. The van der Waals surface area contributed by atoms with E-state index in [9.17, 15) is 0 Å². The Morgan fingerprint density at radius 2 is 2.14 bits per heavy atom. The summed E-state index contributed by atoms with van der Waals surface area (Å²) in [5, 5.41) is 0. The highest BCUT2D eigenvalue weighted by Gasteiger charge is 2.31. The molecular weight excluding hydrogens is 176 g/mol. The molecule has 1 aliphatic rings. The van der Waals surface area contributed by atoms with Gasteiger partial charge in [-0.2, -0.15) is 0 Å². The van der Waals surface area contributed by atoms with Gasteiger partial charge in [0.1, 0.15) is 0 Å². The molecule has 0 aromatic rings. The minimum atomic E-state index is -0.147. The molecule has 1 heterocycles. The van der Waals surface area contributed by atoms with Crippen LogP contribution in [0.25, 0.3) is 0 Å². The Balaban J connectivity index is 2.50. The Kier molecular flexibility index (Phi) is 4.91. The number of allylic oxidation sites excluding steroid dienone is 1. The van der Waals surface area contributed by atoms with Crippen molar-refractivity contribution in [2.24, 2.45) is 0 Å². The zero-order valence-electron chi connectivity index (χ0n) is 9.00. The molecule has 0 aromatic carbocycles. The number of hydrogen-bond donors (Lipinski definition) is 0. The smallest absolute Gasteiger partial charge is 0.0984 e. The van der Waals surface area contributed by atoms with Gasteiger partial charge in [0.2, 0.25) is 0 Å². The minimum absolute atomic E-state index is 0.147. The lowest BCUT2D eigenvalue weighted by molar-refractivity contribution is -0.153. The second-order valence-corrected chi connectivity index (χ2v) is 3.66. The molecule has 0 spiro atoms. The molecule has 2 heteroatoms. The summed E-state index contributed by atoms with van der Waals surface area (Å²) in [4.78, 5) is 0. The summed E-state index contributed by atoms with van der Waals surface area (Å²) in [6, 6.07) is 0. The highest BCUT2D eigenvalue weighted by Crippen LogP contribution is 2.25. The number of hydrogen-bond acceptors (Lipinski definition) is 2. The Morgan fingerprint density at radius 1 is 1.29 bits per heavy atom. The van der Waals surface area contributed by atoms with Crippen molar-refractivity contribution in [3.8, 4) is 0 Å². The van der Waals surface area contributed by atoms with Crippen molar-refractivity contribution >= 4 is 0 Å². The summed E-state index contributed by atoms with van der Waals surface area (Å²) < 4.78 is 11.3. The summed E-state index contributed by atoms with van der Waals surface area (Å²) in [6.07, 6.45) is 9.12. The molecule has 0 aliphatic carbocycles. The average Bonchev–Trinajstić information content (AvgIpc) is 2.20. The predicted molar refractivity (Wildman–Crippen MR) is 58.4 cm³/mol. The molecule has 1 aliphatic heterocycles. The van der Waals surface area contributed by atoms with E-state index in [2.05, 4.69) is 25.7 Å². The van der Waals surface area contributed by atoms with E-state index < -0.39 is 0 Å². The molecule has 14 heavy (non-hydrogen) atoms. The van der Waals surface area contributed by atoms with E-state index in [0.717, 1.165) is 25.9 Å². The molecule has 0 bridgehead atoms. The maximum atomic E-state index is 5.81. The lowest BCUT2D eigenvalue weighted by Crippen LogP contribution is -2.42. The van der Waals surface area contributed by atoms with Crippen LogP contribution < -0.4 is 0 Å². The molecule has 0 N–H and O–H groups in total. The summed E-state index contributed by atoms with van der Waals surface area (Å²) >= 11 is 0. The normalized spacial score (nSPS) is 28.1. The van der Waals surface area contributed by atoms with Crippen molar-refractivity contribution in [1.82, 2.24) is 0 Å². The molecule has 1 atom stereocenters. The van der Waals surface area contributed by atoms with Crippen LogP contribution in [0, 0.1) is 0 Å². The lowest BCUT2D eigenvalue weighted by atomic mass is 9.95. The third kappa shape index (κ3) is 3.28. The van der Waals surface area contributed by atoms with Crippen molar-refractivity contribution in [2.75, 3.05) is 19.8 Å². The molecule has 1 unspecified atom stereocenters. The van der Waals surface area contributed by atoms with Crippen molar-refractivity contribution in [3.63, 3.8) is 0 Å². The summed E-state index contributed by atoms with van der Waals surface area (Å²) in [6.45, 7) is 8.01. The zero-order valence-corrected chi connectivity index (χ0v) is 9.00. The van der Waals surface area contributed by atoms with Crippen LogP contribution in [-0.4, -0.2) is 25.4 Å². The molecule has 1 fully saturated rings. The molecule has 0 saturated carbocycles. The van der Waals surface area contributed by atoms with E-state index in [-0.39, 0.29) is 5.60 Å². The van der Waals surface area contributed by atoms with Crippen molar-refractivity contribution in [3.05, 3.63) is 24.8 Å². The van der Waals surface area contributed by atoms with Crippen LogP contribution in [0.4, 0.5) is 0 Å². The highest BCUT2D eigenvalue weighted by molar-refractivity contribution is 4.97. The van der Waals surface area contributed by atoms with Crippen molar-refractivity contribution in [1.29, 1.82) is 0 Å². The lowest BCUT2D eigenvalue weighted by Gasteiger charge is -2.35. The van der Waals surface area contributed by atoms with Crippen LogP contribution in [0.5, 0.6) is 0 Å². The van der Waals surface area contributed by atoms with Crippen molar-refractivity contribution in [2.45, 2.75) is 31.8 Å². The Bertz CT molecular complexity index is 190. The molecule has 80 valence electrons. The van der Waals surface area contributed by atoms with Crippen LogP contribution in [0.15, 0.2) is 24.8 Å². The van der Waals surface area contributed by atoms with Gasteiger partial charge < -0.3 is 9.47 Å². The molecule has 0 radical (unpaired) electrons. The largest absolute Gasteiger partial charge is 0.376 e. The van der Waals surface area contributed by atoms with Crippen LogP contribution in [-0.2, 0) is 9.47 Å². The maximum absolute atomic E-state index is 5.81. The van der Waals surface area contributed by atoms with Gasteiger partial charge >= 0.3 is 0 Å². The minimum Gasteiger partial charge on any atom is -0.376 e. The van der Waals surface area contributed by atoms with Gasteiger partial charge in [-0.25, -0.2) is 0 Å². The molecule has 1 rings (SSSR count). The van der Waals surface area contributed by atoms with E-state index in [1.165, 1.54) is 0 Å². The van der Waals surface area contributed by atoms with Gasteiger partial charge in [0.05, 0.1) is 25.4 Å². The second-order valence-electron chi connectivity index (χ2n) is 3.66. The van der Waals surface area contributed by atoms with Gasteiger partial charge in [-0.15, -0.1) is 6.58 Å². The van der Waals surface area contributed by atoms with Gasteiger partial charge in [0.25, 0.3) is 0 Å². The zero-order chi connectivity index (χ0) is 10.3. The predicted octanol–water partition coefficient (Wildman–Crippen LogP) is 2.70. The quantitative estimate of drug-likeness (QED) is 0.629. The third-order valence-corrected chi connectivity index (χ3v) is 2.41. The maximum Gasteiger partial charge on any atom is 0.0984 e. The van der Waals surface area contributed by atoms with Gasteiger partial charge in [-0.1, -0.05) is 25.2 Å². The van der Waals surface area contributed by atoms with E-state index in [1.807, 2.05) is 6.08 Å². The van der Waals surface area contributed by atoms with E-state index in [0.29, 0.717) is 13.2 Å². The molecule has 2 nitrogen and oxygen atoms in total. The van der Waals surface area contributed by atoms with Crippen LogP contribution in [0.2, 0.25) is 0 Å². The Morgan fingerprint density at radius 3 is 2.71 bits per heavy atom. The Labute approximate surface area is 86.6 Å². The average molecular weight is 196 g/mol. The molecule has 0 amide bonds. The van der Waals surface area contributed by atoms with Crippen LogP contribution in [0.3, 0.4) is 0 Å². The fraction of sp³-hybridized carbons (Fsp3) is 0.667. The topological polar surface area (TPSA) is 18.5 Å². The number of rotatable bonds is 5. The second kappa shape index (κ2) is 5.99. The van der Waals surface area contributed by atoms with Crippen LogP contribution >= 0.6 is 0 Å². The molecule has 0 aromatic heterocycles. The first-order valence-electron chi connectivity index (χ1n) is 5.30. The van der Waals surface area contributed by atoms with E-state index in [4.69, 9.17) is 9.47 Å². The standard InChI is InChI=1S/C12H20O2/c1-3-5-6-8-12(7-4-2)11-13-9-10-14-12/h4-6H,2-3,7-11H2,1H3/b6-5+. The van der Waals surface area contributed by atoms with Gasteiger partial charge in [-0.3, -0.25) is 0 Å². The third-order valence-electron chi connectivity index (χ3n) is 2.41. The Hall–Kier alpha value is -0.600. The summed E-state index contributed by atoms with van der Waals surface area (Å²) in [7, 11) is 0. The molecule has 1 saturated heterocycles. The molecular formula is C12H20O2. The van der Waals surface area contributed by atoms with Crippen LogP contribution in [0.1, 0.15) is 26.2 Å². The van der Waals surface area contributed by atoms with E-state index in [1.54, 1.807) is 0 Å². The SMILES string of the molecule is C=CCC1(C/C=C/CC)COCCO1. The fourth-order valence-electron chi connectivity index (χ4n) is 1.66. The summed E-state index contributed by atoms with van der Waals surface area (Å²) in [5.74, 6) is 0. The first-order chi connectivity index (χ1) is 6.83. The summed E-state index contributed by atoms with van der Waals surface area (Å²) in [5.41, 5.74) is -0.147. The van der Waals surface area contributed by atoms with E-state index >= 15 is 0 Å². The van der Waals surface area contributed by atoms with Gasteiger partial charge in [0.15, 0.2) is 0 Å². The first kappa shape index (κ1) is 11.5. The van der Waals surface area contributed by atoms with Crippen molar-refractivity contribution < 1.29 is 9.47 Å².